The minimum atomic E-state index is -1.03. The Morgan fingerprint density at radius 2 is 2.12 bits per heavy atom. The molecule has 2 aliphatic rings. The molecule has 1 heterocycles. The van der Waals surface area contributed by atoms with Crippen molar-refractivity contribution in [1.82, 2.24) is 4.90 Å². The van der Waals surface area contributed by atoms with Crippen LogP contribution in [0.5, 0.6) is 5.75 Å². The van der Waals surface area contributed by atoms with Crippen LogP contribution >= 0.6 is 23.2 Å². The van der Waals surface area contributed by atoms with E-state index in [0.717, 1.165) is 5.69 Å². The molecule has 1 saturated heterocycles. The summed E-state index contributed by atoms with van der Waals surface area (Å²) in [5, 5.41) is 0. The molecule has 1 aromatic carbocycles. The maximum atomic E-state index is 12.9. The molecule has 0 N–H and O–H groups in total. The average molecular weight is 385 g/mol. The Balaban J connectivity index is 1.76. The van der Waals surface area contributed by atoms with Gasteiger partial charge in [-0.1, -0.05) is 13.0 Å². The molecule has 25 heavy (non-hydrogen) atoms. The number of likely N-dealkylation sites (N-methyl/N-ethyl adjacent to an activating group) is 1. The van der Waals surface area contributed by atoms with Gasteiger partial charge in [-0.15, -0.1) is 23.2 Å². The van der Waals surface area contributed by atoms with Crippen LogP contribution in [0.15, 0.2) is 24.3 Å². The first-order chi connectivity index (χ1) is 11.8. The maximum Gasteiger partial charge on any atom is 0.249 e. The quantitative estimate of drug-likeness (QED) is 0.732. The third-order valence-corrected chi connectivity index (χ3v) is 6.43. The van der Waals surface area contributed by atoms with E-state index in [9.17, 15) is 9.59 Å². The Morgan fingerprint density at radius 3 is 2.68 bits per heavy atom. The first-order valence-corrected chi connectivity index (χ1v) is 9.13. The Hall–Kier alpha value is -1.46. The number of carbonyl (C=O) groups is 2. The average Bonchev–Trinajstić information content (AvgIpc) is 2.98. The van der Waals surface area contributed by atoms with E-state index < -0.39 is 15.8 Å². The van der Waals surface area contributed by atoms with E-state index in [-0.39, 0.29) is 11.8 Å². The summed E-state index contributed by atoms with van der Waals surface area (Å²) < 4.78 is 4.19. The number of methoxy groups -OCH3 is 1. The third kappa shape index (κ3) is 2.87. The first kappa shape index (κ1) is 18.3. The van der Waals surface area contributed by atoms with Crippen LogP contribution < -0.4 is 9.64 Å². The van der Waals surface area contributed by atoms with Gasteiger partial charge in [0.1, 0.15) is 16.1 Å². The van der Waals surface area contributed by atoms with Gasteiger partial charge >= 0.3 is 0 Å². The Bertz CT molecular complexity index is 709. The number of benzene rings is 1. The highest BCUT2D eigenvalue weighted by Crippen LogP contribution is 2.66. The predicted octanol–water partition coefficient (Wildman–Crippen LogP) is 3.23. The van der Waals surface area contributed by atoms with E-state index in [1.807, 2.05) is 31.2 Å². The lowest BCUT2D eigenvalue weighted by atomic mass is 10.0. The zero-order valence-corrected chi connectivity index (χ0v) is 16.1. The fourth-order valence-corrected chi connectivity index (χ4v) is 4.52. The second-order valence-corrected chi connectivity index (χ2v) is 8.21. The van der Waals surface area contributed by atoms with E-state index in [0.29, 0.717) is 31.6 Å². The molecule has 1 aliphatic carbocycles. The second kappa shape index (κ2) is 6.36. The summed E-state index contributed by atoms with van der Waals surface area (Å²) in [6.45, 7) is 2.46. The highest BCUT2D eigenvalue weighted by molar-refractivity contribution is 6.53. The number of carbonyl (C=O) groups excluding carboxylic acids is 2. The summed E-state index contributed by atoms with van der Waals surface area (Å²) in [5.41, 5.74) is 0.00231. The molecule has 136 valence electrons. The van der Waals surface area contributed by atoms with E-state index in [1.165, 1.54) is 4.90 Å². The molecule has 2 amide bonds. The molecule has 2 fully saturated rings. The molecule has 7 heteroatoms. The maximum absolute atomic E-state index is 12.9. The molecule has 0 aromatic heterocycles. The van der Waals surface area contributed by atoms with Crippen molar-refractivity contribution in [3.8, 4) is 5.75 Å². The van der Waals surface area contributed by atoms with Crippen LogP contribution in [0.4, 0.5) is 5.69 Å². The Morgan fingerprint density at radius 1 is 1.44 bits per heavy atom. The van der Waals surface area contributed by atoms with Crippen LogP contribution in [0.2, 0.25) is 0 Å². The number of anilines is 1. The summed E-state index contributed by atoms with van der Waals surface area (Å²) >= 11 is 12.4. The number of hydrogen-bond acceptors (Lipinski definition) is 3. The van der Waals surface area contributed by atoms with Crippen LogP contribution in [0.1, 0.15) is 26.2 Å². The van der Waals surface area contributed by atoms with Crippen molar-refractivity contribution >= 4 is 40.7 Å². The van der Waals surface area contributed by atoms with E-state index in [4.69, 9.17) is 27.9 Å². The third-order valence-electron chi connectivity index (χ3n) is 5.44. The van der Waals surface area contributed by atoms with Gasteiger partial charge in [0.25, 0.3) is 0 Å². The summed E-state index contributed by atoms with van der Waals surface area (Å²) in [6, 6.07) is 6.86. The van der Waals surface area contributed by atoms with Crippen LogP contribution in [0, 0.1) is 5.41 Å². The molecule has 0 bridgehead atoms. The van der Waals surface area contributed by atoms with Crippen LogP contribution in [-0.4, -0.2) is 47.8 Å². The van der Waals surface area contributed by atoms with Gasteiger partial charge < -0.3 is 14.5 Å². The zero-order chi connectivity index (χ0) is 18.4. The van der Waals surface area contributed by atoms with E-state index >= 15 is 0 Å². The number of ether oxygens (including phenoxy) is 1. The smallest absolute Gasteiger partial charge is 0.249 e. The molecule has 3 rings (SSSR count). The van der Waals surface area contributed by atoms with Crippen LogP contribution in [0.3, 0.4) is 0 Å². The van der Waals surface area contributed by atoms with Crippen molar-refractivity contribution in [3.63, 3.8) is 0 Å². The molecule has 0 spiro atoms. The fourth-order valence-electron chi connectivity index (χ4n) is 3.64. The van der Waals surface area contributed by atoms with Crippen molar-refractivity contribution in [2.24, 2.45) is 5.41 Å². The largest absolute Gasteiger partial charge is 0.497 e. The SMILES string of the molecule is CCC1(C(=O)N(C)C2CCN(c3cccc(OC)c3)C2=O)CC1(Cl)Cl. The van der Waals surface area contributed by atoms with Crippen molar-refractivity contribution in [1.29, 1.82) is 0 Å². The summed E-state index contributed by atoms with van der Waals surface area (Å²) in [5.74, 6) is 0.451. The normalized spacial score (nSPS) is 27.3. The van der Waals surface area contributed by atoms with Crippen molar-refractivity contribution in [2.75, 3.05) is 25.6 Å². The second-order valence-electron chi connectivity index (χ2n) is 6.73. The minimum absolute atomic E-state index is 0.0919. The van der Waals surface area contributed by atoms with Gasteiger partial charge in [0.05, 0.1) is 12.5 Å². The molecule has 2 unspecified atom stereocenters. The van der Waals surface area contributed by atoms with Gasteiger partial charge in [0.15, 0.2) is 0 Å². The van der Waals surface area contributed by atoms with Gasteiger partial charge in [-0.2, -0.15) is 0 Å². The standard InChI is InChI=1S/C18H22Cl2N2O3/c1-4-17(11-18(17,19)20)16(24)21(2)14-8-9-22(15(14)23)12-6-5-7-13(10-12)25-3/h5-7,10,14H,4,8-9,11H2,1-3H3. The van der Waals surface area contributed by atoms with Crippen molar-refractivity contribution < 1.29 is 14.3 Å². The number of halogens is 2. The number of alkyl halides is 2. The highest BCUT2D eigenvalue weighted by Gasteiger charge is 2.71. The number of rotatable bonds is 5. The lowest BCUT2D eigenvalue weighted by Crippen LogP contribution is -2.47. The summed E-state index contributed by atoms with van der Waals surface area (Å²) in [6.07, 6.45) is 1.57. The first-order valence-electron chi connectivity index (χ1n) is 8.38. The Labute approximate surface area is 157 Å². The minimum Gasteiger partial charge on any atom is -0.497 e. The monoisotopic (exact) mass is 384 g/mol. The summed E-state index contributed by atoms with van der Waals surface area (Å²) in [4.78, 5) is 29.0. The van der Waals surface area contributed by atoms with Crippen LogP contribution in [0.25, 0.3) is 0 Å². The lowest BCUT2D eigenvalue weighted by molar-refractivity contribution is -0.141. The number of hydrogen-bond donors (Lipinski definition) is 0. The predicted molar refractivity (Wildman–Crippen MR) is 98.3 cm³/mol. The van der Waals surface area contributed by atoms with Crippen LogP contribution in [-0.2, 0) is 9.59 Å². The van der Waals surface area contributed by atoms with E-state index in [2.05, 4.69) is 0 Å². The molecule has 1 aromatic rings. The number of amides is 2. The van der Waals surface area contributed by atoms with Gasteiger partial charge in [0, 0.05) is 25.3 Å². The Kier molecular flexibility index (Phi) is 4.67. The molecule has 0 radical (unpaired) electrons. The van der Waals surface area contributed by atoms with Gasteiger partial charge in [-0.05, 0) is 31.4 Å². The molecule has 1 aliphatic heterocycles. The van der Waals surface area contributed by atoms with Gasteiger partial charge in [0.2, 0.25) is 11.8 Å². The van der Waals surface area contributed by atoms with Crippen molar-refractivity contribution in [2.45, 2.75) is 36.6 Å². The summed E-state index contributed by atoms with van der Waals surface area (Å²) in [7, 11) is 3.25. The van der Waals surface area contributed by atoms with Gasteiger partial charge in [-0.25, -0.2) is 0 Å². The zero-order valence-electron chi connectivity index (χ0n) is 14.6. The van der Waals surface area contributed by atoms with Crippen molar-refractivity contribution in [3.05, 3.63) is 24.3 Å². The molecule has 2 atom stereocenters. The lowest BCUT2D eigenvalue weighted by Gasteiger charge is -2.28. The molecular weight excluding hydrogens is 363 g/mol. The van der Waals surface area contributed by atoms with Gasteiger partial charge in [-0.3, -0.25) is 9.59 Å². The highest BCUT2D eigenvalue weighted by atomic mass is 35.5. The number of nitrogens with zero attached hydrogens (tertiary/aromatic N) is 2. The topological polar surface area (TPSA) is 49.9 Å². The van der Waals surface area contributed by atoms with E-state index in [1.54, 1.807) is 19.1 Å². The fraction of sp³-hybridized carbons (Fsp3) is 0.556. The molecular formula is C18H22Cl2N2O3. The molecule has 5 nitrogen and oxygen atoms in total. The molecule has 1 saturated carbocycles.